The fraction of sp³-hybridized carbons (Fsp3) is 0.684. The summed E-state index contributed by atoms with van der Waals surface area (Å²) in [6, 6.07) is 8.85. The highest BCUT2D eigenvalue weighted by molar-refractivity contribution is 5.22. The van der Waals surface area contributed by atoms with Gasteiger partial charge in [-0.1, -0.05) is 56.5 Å². The lowest BCUT2D eigenvalue weighted by Gasteiger charge is -2.24. The highest BCUT2D eigenvalue weighted by Gasteiger charge is 2.16. The summed E-state index contributed by atoms with van der Waals surface area (Å²) in [4.78, 5) is 0. The van der Waals surface area contributed by atoms with E-state index in [1.165, 1.54) is 36.8 Å². The molecule has 0 aromatic heterocycles. The Balaban J connectivity index is 0.00000172. The monoisotopic (exact) mass is 278 g/mol. The van der Waals surface area contributed by atoms with Crippen molar-refractivity contribution in [3.05, 3.63) is 35.4 Å². The van der Waals surface area contributed by atoms with Gasteiger partial charge >= 0.3 is 0 Å². The number of benzene rings is 1. The minimum absolute atomic E-state index is 0.0537. The van der Waals surface area contributed by atoms with Crippen molar-refractivity contribution in [2.45, 2.75) is 79.2 Å². The van der Waals surface area contributed by atoms with Gasteiger partial charge in [0.25, 0.3) is 0 Å². The van der Waals surface area contributed by atoms with Crippen molar-refractivity contribution in [2.24, 2.45) is 0 Å². The van der Waals surface area contributed by atoms with Gasteiger partial charge in [0.15, 0.2) is 0 Å². The summed E-state index contributed by atoms with van der Waals surface area (Å²) in [5.74, 6) is 0. The summed E-state index contributed by atoms with van der Waals surface area (Å²) in [6.07, 6.45) is 6.21. The van der Waals surface area contributed by atoms with Gasteiger partial charge in [0.2, 0.25) is 0 Å². The predicted octanol–water partition coefficient (Wildman–Crippen LogP) is 5.94. The Hall–Kier alpha value is -0.820. The first-order chi connectivity index (χ1) is 9.53. The van der Waals surface area contributed by atoms with Gasteiger partial charge in [-0.15, -0.1) is 0 Å². The molecule has 0 heterocycles. The van der Waals surface area contributed by atoms with Gasteiger partial charge in [-0.2, -0.15) is 0 Å². The van der Waals surface area contributed by atoms with E-state index in [1.54, 1.807) is 0 Å². The smallest absolute Gasteiger partial charge is 0.0626 e. The average molecular weight is 278 g/mol. The topological polar surface area (TPSA) is 9.23 Å². The molecule has 1 rings (SSSR count). The van der Waals surface area contributed by atoms with Gasteiger partial charge in [-0.05, 0) is 52.5 Å². The number of ether oxygens (including phenoxy) is 1. The molecule has 0 bridgehead atoms. The van der Waals surface area contributed by atoms with Crippen LogP contribution in [0.5, 0.6) is 0 Å². The van der Waals surface area contributed by atoms with Crippen LogP contribution in [0.4, 0.5) is 0 Å². The van der Waals surface area contributed by atoms with Gasteiger partial charge in [0.05, 0.1) is 5.60 Å². The lowest BCUT2D eigenvalue weighted by molar-refractivity contribution is -0.0177. The number of unbranched alkanes of at least 4 members (excludes halogenated alkanes) is 2. The normalized spacial score (nSPS) is 10.9. The van der Waals surface area contributed by atoms with Crippen LogP contribution in [-0.4, -0.2) is 12.2 Å². The van der Waals surface area contributed by atoms with E-state index in [0.717, 1.165) is 13.0 Å². The molecule has 1 nitrogen and oxygen atoms in total. The van der Waals surface area contributed by atoms with Crippen LogP contribution in [-0.2, 0) is 11.2 Å². The molecule has 1 aromatic rings. The Kier molecular flexibility index (Phi) is 10.5. The van der Waals surface area contributed by atoms with Crippen molar-refractivity contribution < 1.29 is 4.74 Å². The van der Waals surface area contributed by atoms with Crippen molar-refractivity contribution in [2.75, 3.05) is 6.61 Å². The molecular formula is C19H34O. The first-order valence-electron chi connectivity index (χ1n) is 8.23. The zero-order valence-corrected chi connectivity index (χ0v) is 14.5. The van der Waals surface area contributed by atoms with Crippen LogP contribution < -0.4 is 0 Å². The van der Waals surface area contributed by atoms with E-state index >= 15 is 0 Å². The fourth-order valence-electron chi connectivity index (χ4n) is 2.39. The molecule has 0 spiro atoms. The van der Waals surface area contributed by atoms with E-state index in [2.05, 4.69) is 52.0 Å². The Morgan fingerprint density at radius 2 is 1.75 bits per heavy atom. The van der Waals surface area contributed by atoms with Gasteiger partial charge in [0.1, 0.15) is 0 Å². The van der Waals surface area contributed by atoms with Crippen molar-refractivity contribution in [1.29, 1.82) is 0 Å². The summed E-state index contributed by atoms with van der Waals surface area (Å²) < 4.78 is 5.71. The van der Waals surface area contributed by atoms with Gasteiger partial charge in [0, 0.05) is 6.61 Å². The van der Waals surface area contributed by atoms with Crippen molar-refractivity contribution >= 4 is 0 Å². The van der Waals surface area contributed by atoms with E-state index in [0.29, 0.717) is 0 Å². The molecule has 0 aliphatic carbocycles. The number of hydrogen-bond acceptors (Lipinski definition) is 1. The largest absolute Gasteiger partial charge is 0.376 e. The van der Waals surface area contributed by atoms with Crippen LogP contribution in [0.3, 0.4) is 0 Å². The standard InChI is InChI=1S/C17H28O.C2H6/c1-5-18-17(3,4)13-8-6-7-11-16-12-9-10-15(2)14-16;1-2/h9-10,12,14H,5-8,11,13H2,1-4H3;1-2H3. The van der Waals surface area contributed by atoms with Crippen molar-refractivity contribution in [3.8, 4) is 0 Å². The summed E-state index contributed by atoms with van der Waals surface area (Å²) in [7, 11) is 0. The summed E-state index contributed by atoms with van der Waals surface area (Å²) in [5.41, 5.74) is 2.89. The Morgan fingerprint density at radius 1 is 1.05 bits per heavy atom. The van der Waals surface area contributed by atoms with Gasteiger partial charge in [-0.25, -0.2) is 0 Å². The highest BCUT2D eigenvalue weighted by atomic mass is 16.5. The molecule has 0 saturated carbocycles. The van der Waals surface area contributed by atoms with E-state index < -0.39 is 0 Å². The number of rotatable bonds is 8. The van der Waals surface area contributed by atoms with Crippen LogP contribution in [0.25, 0.3) is 0 Å². The molecule has 0 saturated heterocycles. The van der Waals surface area contributed by atoms with Gasteiger partial charge in [-0.3, -0.25) is 0 Å². The molecule has 0 aliphatic rings. The molecule has 0 amide bonds. The van der Waals surface area contributed by atoms with Crippen LogP contribution in [0.1, 0.15) is 71.4 Å². The number of aryl methyl sites for hydroxylation is 2. The molecule has 20 heavy (non-hydrogen) atoms. The predicted molar refractivity (Wildman–Crippen MR) is 90.4 cm³/mol. The third-order valence-corrected chi connectivity index (χ3v) is 3.36. The molecule has 0 fully saturated rings. The molecule has 0 aliphatic heterocycles. The quantitative estimate of drug-likeness (QED) is 0.535. The van der Waals surface area contributed by atoms with Crippen LogP contribution >= 0.6 is 0 Å². The third kappa shape index (κ3) is 9.14. The SMILES string of the molecule is CC.CCOC(C)(C)CCCCCc1cccc(C)c1. The second kappa shape index (κ2) is 10.9. The first-order valence-corrected chi connectivity index (χ1v) is 8.23. The summed E-state index contributed by atoms with van der Waals surface area (Å²) in [6.45, 7) is 13.4. The molecule has 0 unspecified atom stereocenters. The maximum absolute atomic E-state index is 5.71. The average Bonchev–Trinajstić information content (AvgIpc) is 2.40. The first kappa shape index (κ1) is 19.2. The van der Waals surface area contributed by atoms with E-state index in [1.807, 2.05) is 13.8 Å². The molecule has 0 radical (unpaired) electrons. The zero-order valence-electron chi connectivity index (χ0n) is 14.5. The van der Waals surface area contributed by atoms with E-state index in [9.17, 15) is 0 Å². The summed E-state index contributed by atoms with van der Waals surface area (Å²) in [5, 5.41) is 0. The zero-order chi connectivity index (χ0) is 15.4. The van der Waals surface area contributed by atoms with Crippen LogP contribution in [0, 0.1) is 6.92 Å². The fourth-order valence-corrected chi connectivity index (χ4v) is 2.39. The minimum atomic E-state index is 0.0537. The molecule has 1 aromatic carbocycles. The van der Waals surface area contributed by atoms with Crippen molar-refractivity contribution in [3.63, 3.8) is 0 Å². The Labute approximate surface area is 126 Å². The molecule has 0 N–H and O–H groups in total. The van der Waals surface area contributed by atoms with Crippen molar-refractivity contribution in [1.82, 2.24) is 0 Å². The Morgan fingerprint density at radius 3 is 2.35 bits per heavy atom. The maximum Gasteiger partial charge on any atom is 0.0626 e. The minimum Gasteiger partial charge on any atom is -0.376 e. The molecular weight excluding hydrogens is 244 g/mol. The maximum atomic E-state index is 5.71. The summed E-state index contributed by atoms with van der Waals surface area (Å²) >= 11 is 0. The lowest BCUT2D eigenvalue weighted by atomic mass is 9.98. The second-order valence-corrected chi connectivity index (χ2v) is 5.74. The van der Waals surface area contributed by atoms with Crippen LogP contribution in [0.2, 0.25) is 0 Å². The van der Waals surface area contributed by atoms with Crippen LogP contribution in [0.15, 0.2) is 24.3 Å². The number of hydrogen-bond donors (Lipinski definition) is 0. The Bertz CT molecular complexity index is 341. The molecule has 1 heteroatoms. The van der Waals surface area contributed by atoms with E-state index in [-0.39, 0.29) is 5.60 Å². The van der Waals surface area contributed by atoms with E-state index in [4.69, 9.17) is 4.74 Å². The van der Waals surface area contributed by atoms with Gasteiger partial charge < -0.3 is 4.74 Å². The molecule has 0 atom stereocenters. The third-order valence-electron chi connectivity index (χ3n) is 3.36. The highest BCUT2D eigenvalue weighted by Crippen LogP contribution is 2.19. The molecule has 116 valence electrons. The second-order valence-electron chi connectivity index (χ2n) is 5.74. The lowest BCUT2D eigenvalue weighted by Crippen LogP contribution is -2.24.